The maximum absolute atomic E-state index is 14.2. The molecule has 3 rings (SSSR count). The summed E-state index contributed by atoms with van der Waals surface area (Å²) in [6.07, 6.45) is 3.32. The first kappa shape index (κ1) is 19.1. The van der Waals surface area contributed by atoms with Crippen LogP contribution in [0.5, 0.6) is 0 Å². The maximum Gasteiger partial charge on any atom is 0.328 e. The van der Waals surface area contributed by atoms with Crippen molar-refractivity contribution >= 4 is 44.4 Å². The topological polar surface area (TPSA) is 89.3 Å². The van der Waals surface area contributed by atoms with Gasteiger partial charge in [-0.2, -0.15) is 5.10 Å². The van der Waals surface area contributed by atoms with E-state index in [0.29, 0.717) is 22.2 Å². The molecule has 0 fully saturated rings. The van der Waals surface area contributed by atoms with Crippen LogP contribution in [0.2, 0.25) is 5.02 Å². The highest BCUT2D eigenvalue weighted by Crippen LogP contribution is 2.25. The van der Waals surface area contributed by atoms with Crippen molar-refractivity contribution in [3.05, 3.63) is 64.6 Å². The molecule has 0 aliphatic carbocycles. The minimum absolute atomic E-state index is 0.0215. The second-order valence-electron chi connectivity index (χ2n) is 5.90. The highest BCUT2D eigenvalue weighted by Gasteiger charge is 2.15. The van der Waals surface area contributed by atoms with Gasteiger partial charge in [-0.15, -0.1) is 0 Å². The first-order valence-electron chi connectivity index (χ1n) is 7.71. The number of fused-ring (bicyclic) bond motifs is 1. The SMILES string of the molecule is CS(=O)(=O)c1ccc2c(/C=C/C(=O)O)nn(Cc3ccc(Cl)cc3F)c2c1. The predicted octanol–water partition coefficient (Wildman–Crippen LogP) is 3.38. The lowest BCUT2D eigenvalue weighted by atomic mass is 10.2. The van der Waals surface area contributed by atoms with Gasteiger partial charge in [0.1, 0.15) is 5.82 Å². The first-order valence-corrected chi connectivity index (χ1v) is 9.97. The fourth-order valence-electron chi connectivity index (χ4n) is 2.62. The number of benzene rings is 2. The number of carboxylic acid groups (broad SMARTS) is 1. The summed E-state index contributed by atoms with van der Waals surface area (Å²) < 4.78 is 39.3. The van der Waals surface area contributed by atoms with Crippen molar-refractivity contribution in [1.82, 2.24) is 9.78 Å². The fourth-order valence-corrected chi connectivity index (χ4v) is 3.41. The van der Waals surface area contributed by atoms with Gasteiger partial charge in [0.25, 0.3) is 0 Å². The van der Waals surface area contributed by atoms with Crippen molar-refractivity contribution in [2.75, 3.05) is 6.26 Å². The number of carboxylic acids is 1. The highest BCUT2D eigenvalue weighted by atomic mass is 35.5. The lowest BCUT2D eigenvalue weighted by molar-refractivity contribution is -0.131. The molecular weight excluding hydrogens is 395 g/mol. The van der Waals surface area contributed by atoms with Crippen molar-refractivity contribution in [2.45, 2.75) is 11.4 Å². The van der Waals surface area contributed by atoms with Crippen LogP contribution in [-0.4, -0.2) is 35.5 Å². The molecule has 2 aromatic carbocycles. The number of carbonyl (C=O) groups is 1. The van der Waals surface area contributed by atoms with Gasteiger partial charge in [-0.05, 0) is 36.4 Å². The molecule has 0 bridgehead atoms. The van der Waals surface area contributed by atoms with E-state index in [9.17, 15) is 17.6 Å². The van der Waals surface area contributed by atoms with Gasteiger partial charge in [0, 0.05) is 28.3 Å². The molecule has 27 heavy (non-hydrogen) atoms. The molecule has 0 unspecified atom stereocenters. The number of nitrogens with zero attached hydrogens (tertiary/aromatic N) is 2. The number of rotatable bonds is 5. The Labute approximate surface area is 159 Å². The Balaban J connectivity index is 2.18. The van der Waals surface area contributed by atoms with E-state index in [1.807, 2.05) is 0 Å². The molecule has 0 saturated heterocycles. The van der Waals surface area contributed by atoms with E-state index < -0.39 is 21.6 Å². The van der Waals surface area contributed by atoms with E-state index in [4.69, 9.17) is 16.7 Å². The number of sulfone groups is 1. The molecule has 6 nitrogen and oxygen atoms in total. The van der Waals surface area contributed by atoms with Crippen molar-refractivity contribution in [3.63, 3.8) is 0 Å². The van der Waals surface area contributed by atoms with Crippen LogP contribution in [-0.2, 0) is 21.2 Å². The van der Waals surface area contributed by atoms with Gasteiger partial charge < -0.3 is 5.11 Å². The van der Waals surface area contributed by atoms with Gasteiger partial charge in [0.2, 0.25) is 0 Å². The molecule has 1 aromatic heterocycles. The first-order chi connectivity index (χ1) is 12.6. The summed E-state index contributed by atoms with van der Waals surface area (Å²) in [6, 6.07) is 8.64. The number of aromatic nitrogens is 2. The number of hydrogen-bond donors (Lipinski definition) is 1. The second-order valence-corrected chi connectivity index (χ2v) is 8.35. The van der Waals surface area contributed by atoms with Crippen molar-refractivity contribution in [3.8, 4) is 0 Å². The molecule has 0 aliphatic rings. The molecule has 0 aliphatic heterocycles. The third-order valence-corrected chi connectivity index (χ3v) is 5.24. The zero-order chi connectivity index (χ0) is 19.8. The zero-order valence-electron chi connectivity index (χ0n) is 14.1. The minimum Gasteiger partial charge on any atom is -0.478 e. The number of aliphatic carboxylic acids is 1. The predicted molar refractivity (Wildman–Crippen MR) is 100 cm³/mol. The largest absolute Gasteiger partial charge is 0.478 e. The van der Waals surface area contributed by atoms with E-state index in [1.165, 1.54) is 35.0 Å². The lowest BCUT2D eigenvalue weighted by Gasteiger charge is -2.06. The molecule has 140 valence electrons. The van der Waals surface area contributed by atoms with Crippen molar-refractivity contribution < 1.29 is 22.7 Å². The molecule has 0 radical (unpaired) electrons. The van der Waals surface area contributed by atoms with Gasteiger partial charge in [0.15, 0.2) is 9.84 Å². The lowest BCUT2D eigenvalue weighted by Crippen LogP contribution is -2.05. The summed E-state index contributed by atoms with van der Waals surface area (Å²) in [5, 5.41) is 14.0. The van der Waals surface area contributed by atoms with Gasteiger partial charge in [-0.1, -0.05) is 17.7 Å². The number of halogens is 2. The third kappa shape index (κ3) is 4.17. The molecule has 0 spiro atoms. The van der Waals surface area contributed by atoms with E-state index in [-0.39, 0.29) is 16.5 Å². The monoisotopic (exact) mass is 408 g/mol. The molecule has 1 heterocycles. The van der Waals surface area contributed by atoms with Gasteiger partial charge >= 0.3 is 5.97 Å². The Hall–Kier alpha value is -2.71. The Morgan fingerprint density at radius 2 is 2.04 bits per heavy atom. The van der Waals surface area contributed by atoms with Crippen molar-refractivity contribution in [2.24, 2.45) is 0 Å². The van der Waals surface area contributed by atoms with E-state index in [0.717, 1.165) is 12.3 Å². The fraction of sp³-hybridized carbons (Fsp3) is 0.111. The van der Waals surface area contributed by atoms with Crippen LogP contribution in [0.4, 0.5) is 4.39 Å². The summed E-state index contributed by atoms with van der Waals surface area (Å²) >= 11 is 5.77. The summed E-state index contributed by atoms with van der Waals surface area (Å²) in [4.78, 5) is 10.9. The Morgan fingerprint density at radius 1 is 1.30 bits per heavy atom. The summed E-state index contributed by atoms with van der Waals surface area (Å²) in [5.74, 6) is -1.66. The second kappa shape index (κ2) is 7.13. The molecular formula is C18H14ClFN2O4S. The Bertz CT molecular complexity index is 1190. The third-order valence-electron chi connectivity index (χ3n) is 3.90. The molecule has 3 aromatic rings. The summed E-state index contributed by atoms with van der Waals surface area (Å²) in [7, 11) is -3.46. The Morgan fingerprint density at radius 3 is 2.67 bits per heavy atom. The van der Waals surface area contributed by atoms with Crippen LogP contribution < -0.4 is 0 Å². The molecule has 0 saturated carbocycles. The molecule has 9 heteroatoms. The van der Waals surface area contributed by atoms with Crippen LogP contribution in [0.1, 0.15) is 11.3 Å². The van der Waals surface area contributed by atoms with Crippen LogP contribution in [0.15, 0.2) is 47.4 Å². The standard InChI is InChI=1S/C18H14ClFN2O4S/c1-27(25,26)13-4-5-14-16(6-7-18(23)24)21-22(17(14)9-13)10-11-2-3-12(19)8-15(11)20/h2-9H,10H2,1H3,(H,23,24)/b7-6+. The van der Waals surface area contributed by atoms with Gasteiger partial charge in [-0.3, -0.25) is 4.68 Å². The average Bonchev–Trinajstić information content (AvgIpc) is 2.92. The Kier molecular flexibility index (Phi) is 5.03. The minimum atomic E-state index is -3.46. The van der Waals surface area contributed by atoms with E-state index in [2.05, 4.69) is 5.10 Å². The smallest absolute Gasteiger partial charge is 0.328 e. The van der Waals surface area contributed by atoms with E-state index >= 15 is 0 Å². The van der Waals surface area contributed by atoms with Gasteiger partial charge in [-0.25, -0.2) is 17.6 Å². The average molecular weight is 409 g/mol. The maximum atomic E-state index is 14.2. The zero-order valence-corrected chi connectivity index (χ0v) is 15.6. The quantitative estimate of drug-likeness (QED) is 0.654. The van der Waals surface area contributed by atoms with E-state index in [1.54, 1.807) is 12.1 Å². The molecule has 1 N–H and O–H groups in total. The highest BCUT2D eigenvalue weighted by molar-refractivity contribution is 7.90. The number of hydrogen-bond acceptors (Lipinski definition) is 4. The van der Waals surface area contributed by atoms with Crippen LogP contribution in [0, 0.1) is 5.82 Å². The summed E-state index contributed by atoms with van der Waals surface area (Å²) in [6.45, 7) is 0.0215. The normalized spacial score (nSPS) is 12.1. The van der Waals surface area contributed by atoms with Crippen molar-refractivity contribution in [1.29, 1.82) is 0 Å². The van der Waals surface area contributed by atoms with Crippen LogP contribution in [0.25, 0.3) is 17.0 Å². The molecule has 0 amide bonds. The molecule has 0 atom stereocenters. The van der Waals surface area contributed by atoms with Crippen LogP contribution in [0.3, 0.4) is 0 Å². The summed E-state index contributed by atoms with van der Waals surface area (Å²) in [5.41, 5.74) is 1.08. The van der Waals surface area contributed by atoms with Crippen LogP contribution >= 0.6 is 11.6 Å². The van der Waals surface area contributed by atoms with Gasteiger partial charge in [0.05, 0.1) is 22.7 Å².